The monoisotopic (exact) mass is 434 g/mol. The molecule has 0 atom stereocenters. The number of carbonyl (C=O) groups is 2. The van der Waals surface area contributed by atoms with Crippen molar-refractivity contribution >= 4 is 29.2 Å². The van der Waals surface area contributed by atoms with Gasteiger partial charge in [-0.05, 0) is 30.2 Å². The fourth-order valence-electron chi connectivity index (χ4n) is 2.77. The summed E-state index contributed by atoms with van der Waals surface area (Å²) in [6, 6.07) is 8.64. The summed E-state index contributed by atoms with van der Waals surface area (Å²) >= 11 is 5.86. The molecular weight excluding hydrogens is 404 g/mol. The number of aryl methyl sites for hydroxylation is 1. The Labute approximate surface area is 183 Å². The van der Waals surface area contributed by atoms with E-state index in [9.17, 15) is 9.59 Å². The predicted molar refractivity (Wildman–Crippen MR) is 119 cm³/mol. The Balaban J connectivity index is 2.00. The summed E-state index contributed by atoms with van der Waals surface area (Å²) in [5.74, 6) is 0.820. The predicted octanol–water partition coefficient (Wildman–Crippen LogP) is 3.87. The Morgan fingerprint density at radius 1 is 1.23 bits per heavy atom. The van der Waals surface area contributed by atoms with Crippen LogP contribution in [-0.2, 0) is 22.1 Å². The number of nitrogens with one attached hydrogen (secondary N) is 1. The third-order valence-electron chi connectivity index (χ3n) is 4.36. The largest absolute Gasteiger partial charge is 0.484 e. The number of aromatic nitrogens is 2. The van der Waals surface area contributed by atoms with Crippen molar-refractivity contribution in [3.8, 4) is 5.75 Å². The average Bonchev–Trinajstić information content (AvgIpc) is 3.01. The molecule has 0 bridgehead atoms. The van der Waals surface area contributed by atoms with Crippen LogP contribution in [0.15, 0.2) is 30.3 Å². The molecular formula is C22H31ClN4O3. The zero-order valence-corrected chi connectivity index (χ0v) is 19.3. The van der Waals surface area contributed by atoms with Gasteiger partial charge in [-0.1, -0.05) is 46.2 Å². The van der Waals surface area contributed by atoms with Crippen LogP contribution >= 0.6 is 11.6 Å². The van der Waals surface area contributed by atoms with Gasteiger partial charge in [-0.2, -0.15) is 5.10 Å². The minimum absolute atomic E-state index is 0.0585. The molecule has 1 N–H and O–H groups in total. The number of rotatable bonds is 8. The average molecular weight is 435 g/mol. The highest BCUT2D eigenvalue weighted by Crippen LogP contribution is 2.23. The first-order valence-corrected chi connectivity index (χ1v) is 10.3. The number of anilines is 1. The summed E-state index contributed by atoms with van der Waals surface area (Å²) in [5.41, 5.74) is 0.756. The van der Waals surface area contributed by atoms with Crippen LogP contribution in [0.25, 0.3) is 0 Å². The van der Waals surface area contributed by atoms with Crippen LogP contribution in [0, 0.1) is 5.92 Å². The highest BCUT2D eigenvalue weighted by molar-refractivity contribution is 6.30. The number of nitrogens with zero attached hydrogens (tertiary/aromatic N) is 3. The molecule has 1 aromatic heterocycles. The second-order valence-corrected chi connectivity index (χ2v) is 9.18. The van der Waals surface area contributed by atoms with Gasteiger partial charge in [0, 0.05) is 30.1 Å². The molecule has 164 valence electrons. The normalized spacial score (nSPS) is 11.5. The zero-order chi connectivity index (χ0) is 22.5. The van der Waals surface area contributed by atoms with Gasteiger partial charge in [0.1, 0.15) is 18.1 Å². The summed E-state index contributed by atoms with van der Waals surface area (Å²) in [4.78, 5) is 26.8. The van der Waals surface area contributed by atoms with E-state index in [2.05, 4.69) is 31.2 Å². The molecule has 0 aliphatic carbocycles. The fraction of sp³-hybridized carbons (Fsp3) is 0.500. The lowest BCUT2D eigenvalue weighted by Gasteiger charge is -2.24. The minimum atomic E-state index is -0.279. The Kier molecular flexibility index (Phi) is 7.89. The number of halogens is 1. The van der Waals surface area contributed by atoms with E-state index >= 15 is 0 Å². The van der Waals surface area contributed by atoms with Crippen LogP contribution in [0.3, 0.4) is 0 Å². The van der Waals surface area contributed by atoms with Crippen molar-refractivity contribution in [2.24, 2.45) is 13.0 Å². The zero-order valence-electron chi connectivity index (χ0n) is 18.5. The van der Waals surface area contributed by atoms with E-state index in [-0.39, 0.29) is 36.3 Å². The Morgan fingerprint density at radius 2 is 1.87 bits per heavy atom. The summed E-state index contributed by atoms with van der Waals surface area (Å²) in [5, 5.41) is 7.91. The molecule has 7 nitrogen and oxygen atoms in total. The summed E-state index contributed by atoms with van der Waals surface area (Å²) in [6.07, 6.45) is 0. The number of ether oxygens (including phenoxy) is 1. The Morgan fingerprint density at radius 3 is 2.40 bits per heavy atom. The molecule has 30 heavy (non-hydrogen) atoms. The molecule has 0 aliphatic heterocycles. The molecule has 1 aromatic carbocycles. The lowest BCUT2D eigenvalue weighted by Crippen LogP contribution is -2.42. The maximum absolute atomic E-state index is 12.7. The first kappa shape index (κ1) is 23.7. The Hall–Kier alpha value is -2.54. The van der Waals surface area contributed by atoms with E-state index in [1.54, 1.807) is 36.0 Å². The number of amides is 2. The third-order valence-corrected chi connectivity index (χ3v) is 4.62. The van der Waals surface area contributed by atoms with Crippen molar-refractivity contribution in [2.45, 2.75) is 40.0 Å². The van der Waals surface area contributed by atoms with Crippen molar-refractivity contribution in [2.75, 3.05) is 25.0 Å². The van der Waals surface area contributed by atoms with Crippen LogP contribution in [0.4, 0.5) is 5.82 Å². The molecule has 8 heteroatoms. The van der Waals surface area contributed by atoms with E-state index in [1.807, 2.05) is 19.9 Å². The van der Waals surface area contributed by atoms with Crippen LogP contribution in [0.1, 0.15) is 40.3 Å². The highest BCUT2D eigenvalue weighted by Gasteiger charge is 2.22. The van der Waals surface area contributed by atoms with Crippen LogP contribution < -0.4 is 10.1 Å². The first-order valence-electron chi connectivity index (χ1n) is 9.96. The van der Waals surface area contributed by atoms with Gasteiger partial charge in [-0.15, -0.1) is 0 Å². The van der Waals surface area contributed by atoms with Crippen molar-refractivity contribution in [1.82, 2.24) is 14.7 Å². The van der Waals surface area contributed by atoms with Crippen molar-refractivity contribution in [1.29, 1.82) is 0 Å². The SMILES string of the molecule is CC(C)CN(CC(=O)Nc1cc(C(C)(C)C)nn1C)C(=O)COc1ccc(Cl)cc1. The van der Waals surface area contributed by atoms with Gasteiger partial charge in [0.05, 0.1) is 5.69 Å². The van der Waals surface area contributed by atoms with Gasteiger partial charge in [0.15, 0.2) is 6.61 Å². The number of hydrogen-bond acceptors (Lipinski definition) is 4. The molecule has 2 aromatic rings. The van der Waals surface area contributed by atoms with E-state index < -0.39 is 0 Å². The number of hydrogen-bond donors (Lipinski definition) is 1. The van der Waals surface area contributed by atoms with Gasteiger partial charge in [-0.25, -0.2) is 0 Å². The molecule has 0 saturated carbocycles. The van der Waals surface area contributed by atoms with Crippen molar-refractivity contribution < 1.29 is 14.3 Å². The lowest BCUT2D eigenvalue weighted by atomic mass is 9.92. The molecule has 0 saturated heterocycles. The Bertz CT molecular complexity index is 869. The van der Waals surface area contributed by atoms with E-state index in [0.29, 0.717) is 23.1 Å². The molecule has 0 radical (unpaired) electrons. The maximum atomic E-state index is 12.7. The standard InChI is InChI=1S/C22H31ClN4O3/c1-15(2)12-27(21(29)14-30-17-9-7-16(23)8-10-17)13-20(28)24-19-11-18(22(3,4)5)25-26(19)6/h7-11,15H,12-14H2,1-6H3,(H,24,28). The van der Waals surface area contributed by atoms with E-state index in [0.717, 1.165) is 5.69 Å². The number of carbonyl (C=O) groups excluding carboxylic acids is 2. The topological polar surface area (TPSA) is 76.5 Å². The molecule has 0 fully saturated rings. The van der Waals surface area contributed by atoms with Gasteiger partial charge in [0.2, 0.25) is 5.91 Å². The molecule has 2 rings (SSSR count). The van der Waals surface area contributed by atoms with Crippen LogP contribution in [-0.4, -0.2) is 46.2 Å². The van der Waals surface area contributed by atoms with Gasteiger partial charge < -0.3 is 15.0 Å². The van der Waals surface area contributed by atoms with Crippen LogP contribution in [0.5, 0.6) is 5.75 Å². The minimum Gasteiger partial charge on any atom is -0.484 e. The van der Waals surface area contributed by atoms with E-state index in [1.165, 1.54) is 4.90 Å². The van der Waals surface area contributed by atoms with Gasteiger partial charge >= 0.3 is 0 Å². The molecule has 0 spiro atoms. The first-order chi connectivity index (χ1) is 14.0. The maximum Gasteiger partial charge on any atom is 0.260 e. The fourth-order valence-corrected chi connectivity index (χ4v) is 2.89. The third kappa shape index (κ3) is 7.06. The molecule has 0 aliphatic rings. The van der Waals surface area contributed by atoms with E-state index in [4.69, 9.17) is 16.3 Å². The second kappa shape index (κ2) is 9.98. The smallest absolute Gasteiger partial charge is 0.260 e. The van der Waals surface area contributed by atoms with Crippen molar-refractivity contribution in [3.63, 3.8) is 0 Å². The summed E-state index contributed by atoms with van der Waals surface area (Å²) in [6.45, 7) is 10.4. The van der Waals surface area contributed by atoms with Gasteiger partial charge in [-0.3, -0.25) is 14.3 Å². The second-order valence-electron chi connectivity index (χ2n) is 8.75. The quantitative estimate of drug-likeness (QED) is 0.684. The van der Waals surface area contributed by atoms with Gasteiger partial charge in [0.25, 0.3) is 5.91 Å². The van der Waals surface area contributed by atoms with Crippen LogP contribution in [0.2, 0.25) is 5.02 Å². The van der Waals surface area contributed by atoms with Crippen molar-refractivity contribution in [3.05, 3.63) is 41.0 Å². The molecule has 2 amide bonds. The highest BCUT2D eigenvalue weighted by atomic mass is 35.5. The number of benzene rings is 1. The summed E-state index contributed by atoms with van der Waals surface area (Å²) in [7, 11) is 1.78. The lowest BCUT2D eigenvalue weighted by molar-refractivity contribution is -0.137. The molecule has 0 unspecified atom stereocenters. The summed E-state index contributed by atoms with van der Waals surface area (Å²) < 4.78 is 7.19. The molecule has 1 heterocycles.